The fourth-order valence-corrected chi connectivity index (χ4v) is 7.18. The maximum absolute atomic E-state index is 13.8. The number of piperidine rings is 1. The Morgan fingerprint density at radius 3 is 2.59 bits per heavy atom. The van der Waals surface area contributed by atoms with E-state index < -0.39 is 0 Å². The molecule has 0 aromatic carbocycles. The molecule has 13 heteroatoms. The average Bonchev–Trinajstić information content (AvgIpc) is 3.41. The molecule has 228 valence electrons. The monoisotopic (exact) mass is 659 g/mol. The number of aryl methyl sites for hydroxylation is 2. The number of hydrogen-bond donors (Lipinski definition) is 2. The van der Waals surface area contributed by atoms with Gasteiger partial charge in [-0.15, -0.1) is 0 Å². The van der Waals surface area contributed by atoms with E-state index in [1.54, 1.807) is 18.6 Å². The molecule has 2 aliphatic heterocycles. The molecule has 44 heavy (non-hydrogen) atoms. The summed E-state index contributed by atoms with van der Waals surface area (Å²) in [5, 5.41) is 18.4. The zero-order chi connectivity index (χ0) is 30.7. The van der Waals surface area contributed by atoms with Crippen LogP contribution in [0.4, 0.5) is 5.82 Å². The van der Waals surface area contributed by atoms with Crippen LogP contribution in [0.25, 0.3) is 22.2 Å². The molecule has 3 atom stereocenters. The molecule has 6 heterocycles. The standard InChI is InChI=1S/C31H34BrN9O3/c1-17-4-5-27(32)36-29(17)37-30(44)24-9-31(16-39-14-21(43)15-39)10-26(31)40(24)6-7-41-25-13-35-23(20-11-33-19(3)34-12-20)8-22(25)28(38-41)18(2)42/h4-5,8,11-13,21,24,26,43H,6-7,9-10,14-16H2,1-3H3,(H,36,37,44)/t24-,26+,31-/m0/s1. The van der Waals surface area contributed by atoms with Gasteiger partial charge in [0.15, 0.2) is 5.78 Å². The summed E-state index contributed by atoms with van der Waals surface area (Å²) in [5.74, 6) is 1.02. The van der Waals surface area contributed by atoms with Crippen LogP contribution < -0.4 is 5.32 Å². The van der Waals surface area contributed by atoms with Crippen LogP contribution >= 0.6 is 15.9 Å². The number of pyridine rings is 2. The predicted molar refractivity (Wildman–Crippen MR) is 167 cm³/mol. The van der Waals surface area contributed by atoms with Gasteiger partial charge >= 0.3 is 0 Å². The Morgan fingerprint density at radius 2 is 1.86 bits per heavy atom. The highest BCUT2D eigenvalue weighted by atomic mass is 79.9. The maximum Gasteiger partial charge on any atom is 0.242 e. The number of β-amino-alcohol motifs (C(OH)–C–C–N with tert-alkyl or cyclic N) is 1. The van der Waals surface area contributed by atoms with Gasteiger partial charge in [-0.3, -0.25) is 29.1 Å². The lowest BCUT2D eigenvalue weighted by atomic mass is 9.96. The topological polar surface area (TPSA) is 142 Å². The lowest BCUT2D eigenvalue weighted by Gasteiger charge is -2.38. The molecule has 7 rings (SSSR count). The first kappa shape index (κ1) is 29.1. The smallest absolute Gasteiger partial charge is 0.242 e. The second-order valence-corrected chi connectivity index (χ2v) is 13.2. The zero-order valence-electron chi connectivity index (χ0n) is 24.9. The van der Waals surface area contributed by atoms with Gasteiger partial charge in [-0.2, -0.15) is 5.10 Å². The highest BCUT2D eigenvalue weighted by molar-refractivity contribution is 9.10. The van der Waals surface area contributed by atoms with Gasteiger partial charge < -0.3 is 10.4 Å². The number of likely N-dealkylation sites (tertiary alicyclic amines) is 2. The molecular formula is C31H34BrN9O3. The second kappa shape index (κ2) is 11.1. The number of aliphatic hydroxyl groups excluding tert-OH is 1. The zero-order valence-corrected chi connectivity index (χ0v) is 26.5. The van der Waals surface area contributed by atoms with Crippen LogP contribution in [0.15, 0.2) is 41.4 Å². The Hall–Kier alpha value is -3.65. The molecule has 0 bridgehead atoms. The maximum atomic E-state index is 13.8. The number of halogens is 1. The number of rotatable bonds is 9. The largest absolute Gasteiger partial charge is 0.390 e. The van der Waals surface area contributed by atoms with E-state index in [0.717, 1.165) is 41.4 Å². The average molecular weight is 661 g/mol. The second-order valence-electron chi connectivity index (χ2n) is 12.4. The number of amides is 1. The van der Waals surface area contributed by atoms with E-state index in [1.807, 2.05) is 36.7 Å². The van der Waals surface area contributed by atoms with Gasteiger partial charge in [0.1, 0.15) is 21.9 Å². The number of aliphatic hydroxyl groups is 1. The van der Waals surface area contributed by atoms with Crippen LogP contribution in [-0.2, 0) is 11.3 Å². The molecule has 2 saturated heterocycles. The van der Waals surface area contributed by atoms with E-state index in [-0.39, 0.29) is 35.3 Å². The van der Waals surface area contributed by atoms with Crippen LogP contribution in [0.1, 0.15) is 41.6 Å². The number of aromatic nitrogens is 6. The van der Waals surface area contributed by atoms with Crippen LogP contribution in [-0.4, -0.2) is 101 Å². The molecule has 12 nitrogen and oxygen atoms in total. The number of fused-ring (bicyclic) bond motifs is 2. The minimum atomic E-state index is -0.333. The molecule has 0 unspecified atom stereocenters. The quantitative estimate of drug-likeness (QED) is 0.203. The number of Topliss-reactive ketones (excluding diaryl/α,β-unsaturated/α-hetero) is 1. The van der Waals surface area contributed by atoms with Gasteiger partial charge in [-0.25, -0.2) is 15.0 Å². The summed E-state index contributed by atoms with van der Waals surface area (Å²) < 4.78 is 2.49. The summed E-state index contributed by atoms with van der Waals surface area (Å²) in [6.45, 7) is 8.59. The van der Waals surface area contributed by atoms with Gasteiger partial charge in [0.2, 0.25) is 5.91 Å². The van der Waals surface area contributed by atoms with Crippen molar-refractivity contribution in [1.82, 2.24) is 39.5 Å². The van der Waals surface area contributed by atoms with Gasteiger partial charge in [0, 0.05) is 67.9 Å². The lowest BCUT2D eigenvalue weighted by molar-refractivity contribution is -0.121. The first-order valence-corrected chi connectivity index (χ1v) is 15.7. The number of anilines is 1. The van der Waals surface area contributed by atoms with Crippen LogP contribution in [0.3, 0.4) is 0 Å². The van der Waals surface area contributed by atoms with E-state index in [9.17, 15) is 14.7 Å². The Morgan fingerprint density at radius 1 is 1.09 bits per heavy atom. The van der Waals surface area contributed by atoms with Crippen molar-refractivity contribution in [1.29, 1.82) is 0 Å². The normalized spacial score (nSPS) is 23.5. The summed E-state index contributed by atoms with van der Waals surface area (Å²) >= 11 is 3.41. The number of carbonyl (C=O) groups excluding carboxylic acids is 2. The van der Waals surface area contributed by atoms with Crippen molar-refractivity contribution >= 4 is 44.3 Å². The van der Waals surface area contributed by atoms with E-state index in [0.29, 0.717) is 53.8 Å². The first-order chi connectivity index (χ1) is 21.1. The van der Waals surface area contributed by atoms with Crippen molar-refractivity contribution in [2.75, 3.05) is 31.5 Å². The summed E-state index contributed by atoms with van der Waals surface area (Å²) in [6, 6.07) is 5.58. The van der Waals surface area contributed by atoms with Gasteiger partial charge in [-0.1, -0.05) is 6.07 Å². The van der Waals surface area contributed by atoms with Crippen molar-refractivity contribution in [2.24, 2.45) is 5.41 Å². The highest BCUT2D eigenvalue weighted by Crippen LogP contribution is 2.60. The third kappa shape index (κ3) is 5.31. The molecule has 1 aliphatic carbocycles. The van der Waals surface area contributed by atoms with E-state index in [2.05, 4.69) is 51.0 Å². The van der Waals surface area contributed by atoms with Gasteiger partial charge in [0.25, 0.3) is 0 Å². The molecule has 1 saturated carbocycles. The van der Waals surface area contributed by atoms with Crippen molar-refractivity contribution in [3.8, 4) is 11.3 Å². The molecule has 4 aromatic rings. The van der Waals surface area contributed by atoms with Gasteiger partial charge in [-0.05, 0) is 60.3 Å². The van der Waals surface area contributed by atoms with E-state index >= 15 is 0 Å². The predicted octanol–water partition coefficient (Wildman–Crippen LogP) is 3.01. The summed E-state index contributed by atoms with van der Waals surface area (Å²) in [4.78, 5) is 48.7. The number of ketones is 1. The number of hydrogen-bond acceptors (Lipinski definition) is 10. The molecule has 4 aromatic heterocycles. The summed E-state index contributed by atoms with van der Waals surface area (Å²) in [6.07, 6.45) is 6.69. The molecule has 0 spiro atoms. The SMILES string of the molecule is CC(=O)c1nn(CCN2[C@H](C(=O)Nc3nc(Br)ccc3C)C[C@@]3(CN4CC(O)C4)C[C@@H]23)c2cnc(-c3cnc(C)nc3)cc12. The van der Waals surface area contributed by atoms with Crippen LogP contribution in [0.2, 0.25) is 0 Å². The number of nitrogens with one attached hydrogen (secondary N) is 1. The molecule has 0 radical (unpaired) electrons. The Bertz CT molecular complexity index is 1770. The number of carbonyl (C=O) groups is 2. The number of nitrogens with zero attached hydrogens (tertiary/aromatic N) is 8. The summed E-state index contributed by atoms with van der Waals surface area (Å²) in [5.41, 5.74) is 3.50. The fraction of sp³-hybridized carbons (Fsp3) is 0.452. The first-order valence-electron chi connectivity index (χ1n) is 14.9. The third-order valence-electron chi connectivity index (χ3n) is 9.25. The molecule has 2 N–H and O–H groups in total. The lowest BCUT2D eigenvalue weighted by Crippen LogP contribution is -2.52. The molecule has 3 aliphatic rings. The minimum absolute atomic E-state index is 0.0190. The third-order valence-corrected chi connectivity index (χ3v) is 9.69. The van der Waals surface area contributed by atoms with Crippen LogP contribution in [0, 0.1) is 19.3 Å². The van der Waals surface area contributed by atoms with Gasteiger partial charge in [0.05, 0.1) is 36.1 Å². The van der Waals surface area contributed by atoms with Crippen molar-refractivity contribution < 1.29 is 14.7 Å². The van der Waals surface area contributed by atoms with E-state index in [4.69, 9.17) is 5.10 Å². The Labute approximate surface area is 263 Å². The van der Waals surface area contributed by atoms with Crippen LogP contribution in [0.5, 0.6) is 0 Å². The summed E-state index contributed by atoms with van der Waals surface area (Å²) in [7, 11) is 0. The Balaban J connectivity index is 1.15. The van der Waals surface area contributed by atoms with Crippen molar-refractivity contribution in [2.45, 2.75) is 58.3 Å². The van der Waals surface area contributed by atoms with E-state index in [1.165, 1.54) is 6.92 Å². The fourth-order valence-electron chi connectivity index (χ4n) is 6.87. The van der Waals surface area contributed by atoms with Crippen molar-refractivity contribution in [3.63, 3.8) is 0 Å². The molecular weight excluding hydrogens is 626 g/mol. The van der Waals surface area contributed by atoms with Crippen molar-refractivity contribution in [3.05, 3.63) is 58.5 Å². The molecule has 1 amide bonds. The highest BCUT2D eigenvalue weighted by Gasteiger charge is 2.66. The Kier molecular flexibility index (Phi) is 7.31. The molecule has 3 fully saturated rings. The minimum Gasteiger partial charge on any atom is -0.390 e.